The monoisotopic (exact) mass is 398 g/mol. The molecule has 2 unspecified atom stereocenters. The average molecular weight is 399 g/mol. The molecular weight excluding hydrogens is 372 g/mol. The second-order valence-corrected chi connectivity index (χ2v) is 10.1. The minimum absolute atomic E-state index is 0.122. The molecule has 5 nitrogen and oxygen atoms in total. The van der Waals surface area contributed by atoms with Gasteiger partial charge in [-0.15, -0.1) is 0 Å². The molecule has 3 atom stereocenters. The Hall–Kier alpha value is -2.34. The lowest BCUT2D eigenvalue weighted by Gasteiger charge is -2.23. The van der Waals surface area contributed by atoms with Gasteiger partial charge in [-0.25, -0.2) is 8.42 Å². The molecular formula is C22H26N2O3S. The summed E-state index contributed by atoms with van der Waals surface area (Å²) >= 11 is 0. The van der Waals surface area contributed by atoms with Crippen LogP contribution in [0.2, 0.25) is 0 Å². The number of benzene rings is 2. The third-order valence-electron chi connectivity index (χ3n) is 6.17. The Morgan fingerprint density at radius 3 is 2.54 bits per heavy atom. The summed E-state index contributed by atoms with van der Waals surface area (Å²) in [6.45, 7) is 1.92. The van der Waals surface area contributed by atoms with E-state index in [-0.39, 0.29) is 16.8 Å². The fourth-order valence-corrected chi connectivity index (χ4v) is 5.83. The number of sulfonamides is 1. The van der Waals surface area contributed by atoms with Gasteiger partial charge in [0.15, 0.2) is 0 Å². The van der Waals surface area contributed by atoms with E-state index in [0.29, 0.717) is 17.2 Å². The quantitative estimate of drug-likeness (QED) is 0.834. The molecule has 0 spiro atoms. The lowest BCUT2D eigenvalue weighted by Crippen LogP contribution is -2.38. The first-order valence-electron chi connectivity index (χ1n) is 9.81. The van der Waals surface area contributed by atoms with Gasteiger partial charge in [0.05, 0.1) is 10.6 Å². The van der Waals surface area contributed by atoms with Crippen molar-refractivity contribution in [2.45, 2.75) is 43.5 Å². The summed E-state index contributed by atoms with van der Waals surface area (Å²) in [5, 5.41) is 3.13. The Labute approximate surface area is 166 Å². The fourth-order valence-electron chi connectivity index (χ4n) is 4.59. The predicted octanol–water partition coefficient (Wildman–Crippen LogP) is 3.74. The topological polar surface area (TPSA) is 66.5 Å². The van der Waals surface area contributed by atoms with Crippen LogP contribution >= 0.6 is 0 Å². The van der Waals surface area contributed by atoms with Crippen LogP contribution in [0.25, 0.3) is 0 Å². The third kappa shape index (κ3) is 3.53. The van der Waals surface area contributed by atoms with Crippen molar-refractivity contribution in [3.63, 3.8) is 0 Å². The number of amides is 1. The Bertz CT molecular complexity index is 1000. The van der Waals surface area contributed by atoms with Gasteiger partial charge in [-0.2, -0.15) is 0 Å². The summed E-state index contributed by atoms with van der Waals surface area (Å²) in [6.07, 6.45) is 4.71. The van der Waals surface area contributed by atoms with Crippen LogP contribution in [0, 0.1) is 18.8 Å². The van der Waals surface area contributed by atoms with E-state index in [4.69, 9.17) is 0 Å². The minimum Gasteiger partial charge on any atom is -0.349 e. The van der Waals surface area contributed by atoms with Gasteiger partial charge in [-0.3, -0.25) is 9.10 Å². The smallest absolute Gasteiger partial charge is 0.264 e. The molecule has 4 rings (SSSR count). The van der Waals surface area contributed by atoms with Crippen LogP contribution < -0.4 is 9.62 Å². The van der Waals surface area contributed by atoms with Crippen LogP contribution in [0.5, 0.6) is 0 Å². The molecule has 0 radical (unpaired) electrons. The van der Waals surface area contributed by atoms with E-state index >= 15 is 0 Å². The summed E-state index contributed by atoms with van der Waals surface area (Å²) in [4.78, 5) is 12.8. The number of fused-ring (bicyclic) bond motifs is 2. The van der Waals surface area contributed by atoms with Crippen LogP contribution in [-0.4, -0.2) is 27.4 Å². The van der Waals surface area contributed by atoms with Gasteiger partial charge in [0.1, 0.15) is 0 Å². The lowest BCUT2D eigenvalue weighted by molar-refractivity contribution is 0.0922. The Kier molecular flexibility index (Phi) is 4.91. The van der Waals surface area contributed by atoms with Gasteiger partial charge in [-0.1, -0.05) is 24.6 Å². The van der Waals surface area contributed by atoms with E-state index in [1.807, 2.05) is 25.1 Å². The SMILES string of the molecule is Cc1cccc(N(C)S(=O)(=O)c2cccc(C(=O)N[C@@H]3CC4CCC3C4)c2)c1. The molecule has 6 heteroatoms. The maximum atomic E-state index is 13.1. The largest absolute Gasteiger partial charge is 0.349 e. The van der Waals surface area contributed by atoms with E-state index in [0.717, 1.165) is 17.9 Å². The molecule has 2 bridgehead atoms. The van der Waals surface area contributed by atoms with E-state index in [1.54, 1.807) is 18.2 Å². The van der Waals surface area contributed by atoms with Crippen molar-refractivity contribution in [1.29, 1.82) is 0 Å². The minimum atomic E-state index is -3.75. The summed E-state index contributed by atoms with van der Waals surface area (Å²) in [7, 11) is -2.21. The number of hydrogen-bond donors (Lipinski definition) is 1. The molecule has 0 saturated heterocycles. The van der Waals surface area contributed by atoms with E-state index in [9.17, 15) is 13.2 Å². The summed E-state index contributed by atoms with van der Waals surface area (Å²) < 4.78 is 27.4. The highest BCUT2D eigenvalue weighted by Gasteiger charge is 2.40. The van der Waals surface area contributed by atoms with Crippen molar-refractivity contribution in [3.8, 4) is 0 Å². The third-order valence-corrected chi connectivity index (χ3v) is 7.96. The molecule has 28 heavy (non-hydrogen) atoms. The van der Waals surface area contributed by atoms with Crippen LogP contribution in [0.1, 0.15) is 41.6 Å². The summed E-state index contributed by atoms with van der Waals surface area (Å²) in [6, 6.07) is 13.9. The second kappa shape index (κ2) is 7.24. The lowest BCUT2D eigenvalue weighted by atomic mass is 9.95. The van der Waals surface area contributed by atoms with E-state index in [2.05, 4.69) is 5.32 Å². The van der Waals surface area contributed by atoms with Gasteiger partial charge < -0.3 is 5.32 Å². The molecule has 0 heterocycles. The van der Waals surface area contributed by atoms with Crippen molar-refractivity contribution in [1.82, 2.24) is 5.32 Å². The van der Waals surface area contributed by atoms with Crippen LogP contribution in [-0.2, 0) is 10.0 Å². The van der Waals surface area contributed by atoms with Crippen molar-refractivity contribution in [2.24, 2.45) is 11.8 Å². The normalized spacial score (nSPS) is 23.6. The number of rotatable bonds is 5. The van der Waals surface area contributed by atoms with Crippen LogP contribution in [0.3, 0.4) is 0 Å². The van der Waals surface area contributed by atoms with Gasteiger partial charge in [0, 0.05) is 18.7 Å². The van der Waals surface area contributed by atoms with E-state index < -0.39 is 10.0 Å². The average Bonchev–Trinajstić information content (AvgIpc) is 3.30. The number of aryl methyl sites for hydroxylation is 1. The number of nitrogens with one attached hydrogen (secondary N) is 1. The molecule has 0 aromatic heterocycles. The van der Waals surface area contributed by atoms with Gasteiger partial charge >= 0.3 is 0 Å². The van der Waals surface area contributed by atoms with E-state index in [1.165, 1.54) is 42.7 Å². The van der Waals surface area contributed by atoms with Crippen molar-refractivity contribution < 1.29 is 13.2 Å². The predicted molar refractivity (Wildman–Crippen MR) is 110 cm³/mol. The number of hydrogen-bond acceptors (Lipinski definition) is 3. The maximum Gasteiger partial charge on any atom is 0.264 e. The van der Waals surface area contributed by atoms with Gasteiger partial charge in [0.25, 0.3) is 15.9 Å². The molecule has 148 valence electrons. The zero-order chi connectivity index (χ0) is 19.9. The highest BCUT2D eigenvalue weighted by atomic mass is 32.2. The van der Waals surface area contributed by atoms with Crippen molar-refractivity contribution in [2.75, 3.05) is 11.4 Å². The molecule has 2 aromatic carbocycles. The highest BCUT2D eigenvalue weighted by Crippen LogP contribution is 2.44. The maximum absolute atomic E-state index is 13.1. The molecule has 2 aliphatic rings. The highest BCUT2D eigenvalue weighted by molar-refractivity contribution is 7.92. The molecule has 2 aliphatic carbocycles. The molecule has 0 aliphatic heterocycles. The van der Waals surface area contributed by atoms with Gasteiger partial charge in [-0.05, 0) is 73.9 Å². The first-order chi connectivity index (χ1) is 13.3. The van der Waals surface area contributed by atoms with Crippen molar-refractivity contribution >= 4 is 21.6 Å². The number of nitrogens with zero attached hydrogens (tertiary/aromatic N) is 1. The molecule has 1 N–H and O–H groups in total. The molecule has 2 aromatic rings. The molecule has 2 fully saturated rings. The molecule has 1 amide bonds. The van der Waals surface area contributed by atoms with Crippen LogP contribution in [0.15, 0.2) is 53.4 Å². The number of carbonyl (C=O) groups excluding carboxylic acids is 1. The zero-order valence-corrected chi connectivity index (χ0v) is 17.1. The fraction of sp³-hybridized carbons (Fsp3) is 0.409. The summed E-state index contributed by atoms with van der Waals surface area (Å²) in [5.41, 5.74) is 1.97. The first-order valence-corrected chi connectivity index (χ1v) is 11.2. The molecule has 2 saturated carbocycles. The summed E-state index contributed by atoms with van der Waals surface area (Å²) in [5.74, 6) is 1.13. The zero-order valence-electron chi connectivity index (χ0n) is 16.3. The standard InChI is InChI=1S/C22H26N2O3S/c1-15-5-3-7-19(11-15)24(2)28(26,27)20-8-4-6-18(14-20)22(25)23-21-13-16-9-10-17(21)12-16/h3-8,11,14,16-17,21H,9-10,12-13H2,1-2H3,(H,23,25)/t16?,17?,21-/m1/s1. The van der Waals surface area contributed by atoms with Crippen LogP contribution in [0.4, 0.5) is 5.69 Å². The van der Waals surface area contributed by atoms with Gasteiger partial charge in [0.2, 0.25) is 0 Å². The number of carbonyl (C=O) groups is 1. The Balaban J connectivity index is 1.54. The number of anilines is 1. The Morgan fingerprint density at radius 2 is 1.86 bits per heavy atom. The second-order valence-electron chi connectivity index (χ2n) is 8.09. The van der Waals surface area contributed by atoms with Crippen molar-refractivity contribution in [3.05, 3.63) is 59.7 Å². The Morgan fingerprint density at radius 1 is 1.07 bits per heavy atom. The first kappa shape index (κ1) is 19.0.